The Morgan fingerprint density at radius 1 is 0.818 bits per heavy atom. The Kier molecular flexibility index (Phi) is 7.91. The number of hydrogen-bond acceptors (Lipinski definition) is 5. The predicted octanol–water partition coefficient (Wildman–Crippen LogP) is 3.41. The maximum absolute atomic E-state index is 12.1. The molecular formula is C25H24N4O4. The van der Waals surface area contributed by atoms with Crippen LogP contribution in [-0.4, -0.2) is 30.5 Å². The Bertz CT molecular complexity index is 1170. The number of rotatable bonds is 7. The van der Waals surface area contributed by atoms with Gasteiger partial charge in [-0.25, -0.2) is 5.43 Å². The van der Waals surface area contributed by atoms with Crippen molar-refractivity contribution in [1.82, 2.24) is 5.43 Å². The first-order chi connectivity index (χ1) is 15.9. The summed E-state index contributed by atoms with van der Waals surface area (Å²) in [5, 5.41) is 9.06. The summed E-state index contributed by atoms with van der Waals surface area (Å²) >= 11 is 0. The second-order valence-electron chi connectivity index (χ2n) is 7.30. The van der Waals surface area contributed by atoms with E-state index >= 15 is 0 Å². The highest BCUT2D eigenvalue weighted by Crippen LogP contribution is 2.13. The summed E-state index contributed by atoms with van der Waals surface area (Å²) < 4.78 is 5.52. The molecule has 3 aromatic carbocycles. The summed E-state index contributed by atoms with van der Waals surface area (Å²) in [7, 11) is 0. The van der Waals surface area contributed by atoms with Crippen molar-refractivity contribution in [2.75, 3.05) is 17.2 Å². The van der Waals surface area contributed by atoms with Crippen LogP contribution in [0.25, 0.3) is 0 Å². The lowest BCUT2D eigenvalue weighted by atomic mass is 10.2. The zero-order chi connectivity index (χ0) is 23.6. The SMILES string of the molecule is Cc1ccc(NC(=O)COc2cccc(/C=N\NC(=O)C(=O)Nc3cccc(C)c3)c2)cc1. The van der Waals surface area contributed by atoms with Gasteiger partial charge in [-0.05, 0) is 61.4 Å². The van der Waals surface area contributed by atoms with E-state index in [2.05, 4.69) is 21.2 Å². The molecule has 0 spiro atoms. The van der Waals surface area contributed by atoms with Gasteiger partial charge >= 0.3 is 11.8 Å². The van der Waals surface area contributed by atoms with Crippen LogP contribution < -0.4 is 20.8 Å². The maximum atomic E-state index is 12.1. The quantitative estimate of drug-likeness (QED) is 0.295. The van der Waals surface area contributed by atoms with Crippen molar-refractivity contribution in [2.45, 2.75) is 13.8 Å². The summed E-state index contributed by atoms with van der Waals surface area (Å²) in [6, 6.07) is 21.4. The normalized spacial score (nSPS) is 10.5. The van der Waals surface area contributed by atoms with Crippen LogP contribution in [0.15, 0.2) is 77.9 Å². The van der Waals surface area contributed by atoms with Crippen LogP contribution in [0, 0.1) is 13.8 Å². The van der Waals surface area contributed by atoms with Gasteiger partial charge in [0.1, 0.15) is 5.75 Å². The van der Waals surface area contributed by atoms with Crippen LogP contribution in [0.2, 0.25) is 0 Å². The maximum Gasteiger partial charge on any atom is 0.329 e. The van der Waals surface area contributed by atoms with Crippen molar-refractivity contribution < 1.29 is 19.1 Å². The van der Waals surface area contributed by atoms with Crippen LogP contribution in [0.4, 0.5) is 11.4 Å². The van der Waals surface area contributed by atoms with E-state index in [1.165, 1.54) is 6.21 Å². The number of carbonyl (C=O) groups excluding carboxylic acids is 3. The Balaban J connectivity index is 1.47. The molecule has 0 fully saturated rings. The highest BCUT2D eigenvalue weighted by Gasteiger charge is 2.12. The minimum Gasteiger partial charge on any atom is -0.484 e. The van der Waals surface area contributed by atoms with Crippen LogP contribution in [0.3, 0.4) is 0 Å². The molecule has 168 valence electrons. The number of anilines is 2. The van der Waals surface area contributed by atoms with E-state index in [9.17, 15) is 14.4 Å². The van der Waals surface area contributed by atoms with Gasteiger partial charge in [0.15, 0.2) is 6.61 Å². The largest absolute Gasteiger partial charge is 0.484 e. The average molecular weight is 444 g/mol. The van der Waals surface area contributed by atoms with Crippen molar-refractivity contribution in [3.8, 4) is 5.75 Å². The first-order valence-corrected chi connectivity index (χ1v) is 10.2. The fourth-order valence-electron chi connectivity index (χ4n) is 2.79. The van der Waals surface area contributed by atoms with E-state index in [-0.39, 0.29) is 12.5 Å². The topological polar surface area (TPSA) is 109 Å². The first kappa shape index (κ1) is 23.2. The molecule has 0 aliphatic heterocycles. The van der Waals surface area contributed by atoms with Crippen molar-refractivity contribution >= 4 is 35.3 Å². The second kappa shape index (κ2) is 11.2. The Morgan fingerprint density at radius 2 is 1.58 bits per heavy atom. The third-order valence-electron chi connectivity index (χ3n) is 4.43. The van der Waals surface area contributed by atoms with E-state index in [1.54, 1.807) is 42.5 Å². The van der Waals surface area contributed by atoms with Crippen molar-refractivity contribution in [2.24, 2.45) is 5.10 Å². The minimum atomic E-state index is -0.895. The molecule has 3 N–H and O–H groups in total. The van der Waals surface area contributed by atoms with Crippen LogP contribution in [0.5, 0.6) is 5.75 Å². The van der Waals surface area contributed by atoms with E-state index in [0.29, 0.717) is 22.7 Å². The molecule has 33 heavy (non-hydrogen) atoms. The summed E-state index contributed by atoms with van der Waals surface area (Å²) in [5.74, 6) is -1.55. The number of nitrogens with zero attached hydrogens (tertiary/aromatic N) is 1. The molecule has 0 bridgehead atoms. The van der Waals surface area contributed by atoms with Gasteiger partial charge in [0.05, 0.1) is 6.21 Å². The zero-order valence-electron chi connectivity index (χ0n) is 18.3. The number of carbonyl (C=O) groups is 3. The average Bonchev–Trinajstić information content (AvgIpc) is 2.79. The molecule has 0 atom stereocenters. The molecule has 0 aromatic heterocycles. The number of benzene rings is 3. The number of amides is 3. The van der Waals surface area contributed by atoms with Gasteiger partial charge in [-0.2, -0.15) is 5.10 Å². The molecule has 3 amide bonds. The third-order valence-corrected chi connectivity index (χ3v) is 4.43. The summed E-state index contributed by atoms with van der Waals surface area (Å²) in [6.45, 7) is 3.69. The van der Waals surface area contributed by atoms with Gasteiger partial charge in [-0.1, -0.05) is 42.0 Å². The number of nitrogens with one attached hydrogen (secondary N) is 3. The van der Waals surface area contributed by atoms with Crippen molar-refractivity contribution in [3.05, 3.63) is 89.5 Å². The first-order valence-electron chi connectivity index (χ1n) is 10.2. The summed E-state index contributed by atoms with van der Waals surface area (Å²) in [6.07, 6.45) is 1.37. The van der Waals surface area contributed by atoms with Gasteiger partial charge in [0, 0.05) is 11.4 Å². The van der Waals surface area contributed by atoms with Crippen LogP contribution >= 0.6 is 0 Å². The monoisotopic (exact) mass is 444 g/mol. The predicted molar refractivity (Wildman–Crippen MR) is 127 cm³/mol. The summed E-state index contributed by atoms with van der Waals surface area (Å²) in [4.78, 5) is 36.0. The highest BCUT2D eigenvalue weighted by atomic mass is 16.5. The van der Waals surface area contributed by atoms with Crippen LogP contribution in [-0.2, 0) is 14.4 Å². The fourth-order valence-corrected chi connectivity index (χ4v) is 2.79. The third kappa shape index (κ3) is 7.62. The molecule has 0 unspecified atom stereocenters. The molecular weight excluding hydrogens is 420 g/mol. The number of hydrogen-bond donors (Lipinski definition) is 3. The Morgan fingerprint density at radius 3 is 2.33 bits per heavy atom. The molecule has 3 rings (SSSR count). The molecule has 3 aromatic rings. The molecule has 0 heterocycles. The lowest BCUT2D eigenvalue weighted by molar-refractivity contribution is -0.136. The van der Waals surface area contributed by atoms with Crippen molar-refractivity contribution in [3.63, 3.8) is 0 Å². The van der Waals surface area contributed by atoms with Gasteiger partial charge < -0.3 is 15.4 Å². The standard InChI is InChI=1S/C25H24N4O4/c1-17-9-11-20(12-10-17)27-23(30)16-33-22-8-4-6-19(14-22)15-26-29-25(32)24(31)28-21-7-3-5-18(2)13-21/h3-15H,16H2,1-2H3,(H,27,30)(H,28,31)(H,29,32)/b26-15-. The molecule has 0 saturated heterocycles. The van der Waals surface area contributed by atoms with Crippen molar-refractivity contribution in [1.29, 1.82) is 0 Å². The van der Waals surface area contributed by atoms with Gasteiger partial charge in [0.25, 0.3) is 5.91 Å². The minimum absolute atomic E-state index is 0.162. The van der Waals surface area contributed by atoms with Gasteiger partial charge in [-0.15, -0.1) is 0 Å². The lowest BCUT2D eigenvalue weighted by Gasteiger charge is -2.08. The second-order valence-corrected chi connectivity index (χ2v) is 7.30. The summed E-state index contributed by atoms with van der Waals surface area (Å²) in [5.41, 5.74) is 6.07. The van der Waals surface area contributed by atoms with E-state index in [0.717, 1.165) is 11.1 Å². The van der Waals surface area contributed by atoms with Gasteiger partial charge in [-0.3, -0.25) is 14.4 Å². The Hall–Kier alpha value is -4.46. The number of aryl methyl sites for hydroxylation is 2. The molecule has 8 heteroatoms. The number of hydrazone groups is 1. The van der Waals surface area contributed by atoms with E-state index in [4.69, 9.17) is 4.74 Å². The zero-order valence-corrected chi connectivity index (χ0v) is 18.3. The number of ether oxygens (including phenoxy) is 1. The molecule has 0 aliphatic carbocycles. The Labute approximate surface area is 191 Å². The van der Waals surface area contributed by atoms with E-state index in [1.807, 2.05) is 44.2 Å². The highest BCUT2D eigenvalue weighted by molar-refractivity contribution is 6.39. The fraction of sp³-hybridized carbons (Fsp3) is 0.120. The molecule has 8 nitrogen and oxygen atoms in total. The van der Waals surface area contributed by atoms with E-state index < -0.39 is 11.8 Å². The van der Waals surface area contributed by atoms with Gasteiger partial charge in [0.2, 0.25) is 0 Å². The molecule has 0 saturated carbocycles. The smallest absolute Gasteiger partial charge is 0.329 e. The van der Waals surface area contributed by atoms with Crippen LogP contribution in [0.1, 0.15) is 16.7 Å². The molecule has 0 aliphatic rings. The molecule has 0 radical (unpaired) electrons. The lowest BCUT2D eigenvalue weighted by Crippen LogP contribution is -2.32.